The predicted molar refractivity (Wildman–Crippen MR) is 128 cm³/mol. The topological polar surface area (TPSA) is 156 Å². The van der Waals surface area contributed by atoms with E-state index in [4.69, 9.17) is 34.4 Å². The second-order valence-electron chi connectivity index (χ2n) is 8.27. The maximum absolute atomic E-state index is 10.8. The van der Waals surface area contributed by atoms with Crippen molar-refractivity contribution in [2.75, 3.05) is 32.2 Å². The number of nitrogen functional groups attached to an aromatic ring is 1. The first-order valence-electron chi connectivity index (χ1n) is 11.7. The van der Waals surface area contributed by atoms with Gasteiger partial charge < -0.3 is 15.2 Å². The molecule has 2 aliphatic rings. The summed E-state index contributed by atoms with van der Waals surface area (Å²) >= 11 is 0. The highest BCUT2D eigenvalue weighted by molar-refractivity contribution is 5.46. The number of ether oxygens (including phenoxy) is 2. The third-order valence-corrected chi connectivity index (χ3v) is 5.94. The second kappa shape index (κ2) is 18.6. The Balaban J connectivity index is 0.000000298. The smallest absolute Gasteiger partial charge is 0.373 e. The molecule has 0 aromatic heterocycles. The summed E-state index contributed by atoms with van der Waals surface area (Å²) in [4.78, 5) is 43.0. The van der Waals surface area contributed by atoms with Crippen LogP contribution in [0.15, 0.2) is 48.5 Å². The molecule has 0 bridgehead atoms. The Kier molecular flexibility index (Phi) is 15.7. The van der Waals surface area contributed by atoms with Gasteiger partial charge in [-0.2, -0.15) is 19.2 Å². The van der Waals surface area contributed by atoms with Crippen molar-refractivity contribution in [3.63, 3.8) is 0 Å². The van der Waals surface area contributed by atoms with E-state index in [0.29, 0.717) is 5.92 Å². The van der Waals surface area contributed by atoms with Crippen molar-refractivity contribution in [3.8, 4) is 0 Å². The highest BCUT2D eigenvalue weighted by Crippen LogP contribution is 2.26. The molecule has 2 N–H and O–H groups in total. The van der Waals surface area contributed by atoms with Gasteiger partial charge in [0, 0.05) is 43.7 Å². The summed E-state index contributed by atoms with van der Waals surface area (Å²) < 4.78 is 10.6. The van der Waals surface area contributed by atoms with Crippen LogP contribution in [-0.2, 0) is 41.5 Å². The number of nitrogens with two attached hydrogens (primary N) is 1. The molecular formula is C26H32N2O8. The number of nitro groups is 1. The van der Waals surface area contributed by atoms with Gasteiger partial charge in [-0.25, -0.2) is 0 Å². The van der Waals surface area contributed by atoms with Gasteiger partial charge in [0.25, 0.3) is 5.69 Å². The van der Waals surface area contributed by atoms with Crippen molar-refractivity contribution in [1.82, 2.24) is 0 Å². The molecule has 2 saturated heterocycles. The molecule has 10 heteroatoms. The standard InChI is InChI=1S/C12H15NO3.C12H17NO.2CO2/c14-13(15)12-4-2-1-3-11(12)9-10-5-7-16-8-6-10;13-12-4-2-1-3-11(12)9-10-5-7-14-8-6-10;2*2-1-3/h1-4,10H,5-9H2;1-4,10H,5-9,13H2;;. The van der Waals surface area contributed by atoms with Gasteiger partial charge in [0.1, 0.15) is 0 Å². The molecule has 2 aromatic rings. The first-order chi connectivity index (χ1) is 17.5. The molecule has 2 aromatic carbocycles. The highest BCUT2D eigenvalue weighted by Gasteiger charge is 2.19. The fourth-order valence-corrected chi connectivity index (χ4v) is 4.10. The van der Waals surface area contributed by atoms with Crippen LogP contribution in [-0.4, -0.2) is 43.7 Å². The van der Waals surface area contributed by atoms with Crippen molar-refractivity contribution in [2.24, 2.45) is 11.8 Å². The number of rotatable bonds is 5. The van der Waals surface area contributed by atoms with Gasteiger partial charge in [-0.15, -0.1) is 0 Å². The van der Waals surface area contributed by atoms with E-state index < -0.39 is 0 Å². The Hall–Kier alpha value is -3.68. The van der Waals surface area contributed by atoms with Crippen molar-refractivity contribution < 1.29 is 33.6 Å². The fraction of sp³-hybridized carbons (Fsp3) is 0.462. The van der Waals surface area contributed by atoms with Crippen LogP contribution in [0.25, 0.3) is 0 Å². The molecule has 36 heavy (non-hydrogen) atoms. The second-order valence-corrected chi connectivity index (χ2v) is 8.27. The first-order valence-corrected chi connectivity index (χ1v) is 11.7. The van der Waals surface area contributed by atoms with Crippen LogP contribution in [0.4, 0.5) is 11.4 Å². The molecule has 0 unspecified atom stereocenters. The Morgan fingerprint density at radius 1 is 0.750 bits per heavy atom. The molecule has 2 heterocycles. The molecule has 0 aliphatic carbocycles. The summed E-state index contributed by atoms with van der Waals surface area (Å²) in [6, 6.07) is 15.2. The Morgan fingerprint density at radius 2 is 1.14 bits per heavy atom. The minimum absolute atomic E-state index is 0.244. The number of nitrogens with zero attached hydrogens (tertiary/aromatic N) is 1. The molecule has 4 rings (SSSR count). The Bertz CT molecular complexity index is 961. The Labute approximate surface area is 209 Å². The molecule has 0 radical (unpaired) electrons. The number of carbonyl (C=O) groups excluding carboxylic acids is 4. The van der Waals surface area contributed by atoms with E-state index in [2.05, 4.69) is 12.1 Å². The molecule has 0 atom stereocenters. The van der Waals surface area contributed by atoms with Gasteiger partial charge in [-0.1, -0.05) is 36.4 Å². The molecule has 194 valence electrons. The third-order valence-electron chi connectivity index (χ3n) is 5.94. The van der Waals surface area contributed by atoms with Crippen LogP contribution < -0.4 is 5.73 Å². The maximum atomic E-state index is 10.8. The summed E-state index contributed by atoms with van der Waals surface area (Å²) in [6.07, 6.45) is 6.76. The minimum Gasteiger partial charge on any atom is -0.399 e. The average Bonchev–Trinajstić information content (AvgIpc) is 2.88. The summed E-state index contributed by atoms with van der Waals surface area (Å²) in [7, 11) is 0. The van der Waals surface area contributed by atoms with Crippen LogP contribution in [0.5, 0.6) is 0 Å². The summed E-state index contributed by atoms with van der Waals surface area (Å²) in [5.41, 5.74) is 9.22. The average molecular weight is 501 g/mol. The van der Waals surface area contributed by atoms with Gasteiger partial charge in [-0.3, -0.25) is 10.1 Å². The SMILES string of the molecule is Nc1ccccc1CC1CCOCC1.O=C=O.O=C=O.O=[N+]([O-])c1ccccc1CC1CCOCC1. The van der Waals surface area contributed by atoms with Crippen LogP contribution in [0, 0.1) is 22.0 Å². The van der Waals surface area contributed by atoms with Gasteiger partial charge in [-0.05, 0) is 62.0 Å². The summed E-state index contributed by atoms with van der Waals surface area (Å²) in [5.74, 6) is 1.28. The maximum Gasteiger partial charge on any atom is 0.373 e. The zero-order valence-electron chi connectivity index (χ0n) is 20.1. The fourth-order valence-electron chi connectivity index (χ4n) is 4.10. The number of nitro benzene ring substituents is 1. The van der Waals surface area contributed by atoms with Crippen LogP contribution in [0.1, 0.15) is 36.8 Å². The van der Waals surface area contributed by atoms with Crippen LogP contribution in [0.2, 0.25) is 0 Å². The largest absolute Gasteiger partial charge is 0.399 e. The van der Waals surface area contributed by atoms with Crippen LogP contribution >= 0.6 is 0 Å². The molecule has 2 aliphatic heterocycles. The normalized spacial score (nSPS) is 15.2. The predicted octanol–water partition coefficient (Wildman–Crippen LogP) is 3.63. The third kappa shape index (κ3) is 12.1. The van der Waals surface area contributed by atoms with Crippen molar-refractivity contribution in [2.45, 2.75) is 38.5 Å². The van der Waals surface area contributed by atoms with E-state index in [-0.39, 0.29) is 22.9 Å². The number of para-hydroxylation sites is 2. The lowest BCUT2D eigenvalue weighted by Gasteiger charge is -2.22. The number of hydrogen-bond donors (Lipinski definition) is 1. The van der Waals surface area contributed by atoms with Gasteiger partial charge in [0.15, 0.2) is 0 Å². The minimum atomic E-state index is -0.297. The van der Waals surface area contributed by atoms with Crippen molar-refractivity contribution in [1.29, 1.82) is 0 Å². The van der Waals surface area contributed by atoms with Gasteiger partial charge in [0.05, 0.1) is 4.92 Å². The molecule has 0 saturated carbocycles. The number of benzene rings is 2. The van der Waals surface area contributed by atoms with Crippen LogP contribution in [0.3, 0.4) is 0 Å². The van der Waals surface area contributed by atoms with E-state index >= 15 is 0 Å². The van der Waals surface area contributed by atoms with Gasteiger partial charge >= 0.3 is 12.3 Å². The zero-order valence-corrected chi connectivity index (χ0v) is 20.1. The summed E-state index contributed by atoms with van der Waals surface area (Å²) in [6.45, 7) is 3.39. The Morgan fingerprint density at radius 3 is 1.58 bits per heavy atom. The molecule has 0 spiro atoms. The van der Waals surface area contributed by atoms with E-state index in [1.165, 1.54) is 18.4 Å². The zero-order chi connectivity index (χ0) is 26.6. The number of hydrogen-bond acceptors (Lipinski definition) is 9. The lowest BCUT2D eigenvalue weighted by Crippen LogP contribution is -2.17. The van der Waals surface area contributed by atoms with E-state index in [9.17, 15) is 10.1 Å². The molecule has 2 fully saturated rings. The van der Waals surface area contributed by atoms with Crippen molar-refractivity contribution in [3.05, 3.63) is 69.8 Å². The van der Waals surface area contributed by atoms with E-state index in [1.54, 1.807) is 12.1 Å². The monoisotopic (exact) mass is 500 g/mol. The molecule has 10 nitrogen and oxygen atoms in total. The summed E-state index contributed by atoms with van der Waals surface area (Å²) in [5, 5.41) is 10.8. The first kappa shape index (κ1) is 30.4. The molecular weight excluding hydrogens is 468 g/mol. The highest BCUT2D eigenvalue weighted by atomic mass is 16.6. The molecule has 0 amide bonds. The lowest BCUT2D eigenvalue weighted by molar-refractivity contribution is -0.385. The number of anilines is 1. The van der Waals surface area contributed by atoms with E-state index in [0.717, 1.165) is 69.3 Å². The van der Waals surface area contributed by atoms with Gasteiger partial charge in [0.2, 0.25) is 0 Å². The van der Waals surface area contributed by atoms with E-state index in [1.807, 2.05) is 24.3 Å². The lowest BCUT2D eigenvalue weighted by atomic mass is 9.92. The van der Waals surface area contributed by atoms with Crippen molar-refractivity contribution >= 4 is 23.7 Å². The quantitative estimate of drug-likeness (QED) is 0.368.